The monoisotopic (exact) mass is 285 g/mol. The second-order valence-corrected chi connectivity index (χ2v) is 5.72. The van der Waals surface area contributed by atoms with Crippen LogP contribution < -0.4 is 0 Å². The van der Waals surface area contributed by atoms with Crippen molar-refractivity contribution < 1.29 is 14.4 Å². The molecule has 0 aliphatic heterocycles. The molecule has 0 saturated heterocycles. The van der Waals surface area contributed by atoms with Crippen molar-refractivity contribution in [3.8, 4) is 10.7 Å². The number of aryl methyl sites for hydroxylation is 1. The number of thioether (sulfide) groups is 1. The molecule has 0 aliphatic carbocycles. The number of aliphatic carboxylic acids is 1. The average molecular weight is 285 g/mol. The van der Waals surface area contributed by atoms with E-state index in [1.807, 2.05) is 13.0 Å². The van der Waals surface area contributed by atoms with Crippen molar-refractivity contribution in [2.45, 2.75) is 24.1 Å². The number of carboxylic acid groups (broad SMARTS) is 1. The van der Waals surface area contributed by atoms with Crippen molar-refractivity contribution in [2.75, 3.05) is 5.75 Å². The molecule has 2 rings (SSSR count). The molecule has 0 saturated carbocycles. The Bertz CT molecular complexity index is 538. The minimum absolute atomic E-state index is 0.115. The van der Waals surface area contributed by atoms with Gasteiger partial charge in [-0.1, -0.05) is 35.2 Å². The predicted octanol–water partition coefficient (Wildman–Crippen LogP) is 2.32. The van der Waals surface area contributed by atoms with E-state index in [0.717, 1.165) is 16.5 Å². The number of nitrogens with zero attached hydrogens (tertiary/aromatic N) is 3. The van der Waals surface area contributed by atoms with E-state index in [-0.39, 0.29) is 6.42 Å². The summed E-state index contributed by atoms with van der Waals surface area (Å²) in [6.45, 7) is 1.98. The third-order valence-corrected chi connectivity index (χ3v) is 4.16. The highest BCUT2D eigenvalue weighted by Crippen LogP contribution is 2.29. The fourth-order valence-corrected chi connectivity index (χ4v) is 2.98. The summed E-state index contributed by atoms with van der Waals surface area (Å²) in [4.78, 5) is 10.4. The first-order valence-corrected chi connectivity index (χ1v) is 7.13. The van der Waals surface area contributed by atoms with Crippen LogP contribution in [-0.2, 0) is 11.2 Å². The van der Waals surface area contributed by atoms with E-state index in [1.165, 1.54) is 23.1 Å². The van der Waals surface area contributed by atoms with Gasteiger partial charge in [0.1, 0.15) is 11.5 Å². The standard InChI is InChI=1S/C10H11N3O3S2/c1-2-6-5-7(13-16-6)9-11-12-10(18-9)17-4-3-8(14)15/h5H,2-4H2,1H3,(H,14,15). The fourth-order valence-electron chi connectivity index (χ4n) is 1.18. The molecule has 0 fully saturated rings. The van der Waals surface area contributed by atoms with Crippen molar-refractivity contribution >= 4 is 29.1 Å². The van der Waals surface area contributed by atoms with E-state index in [0.29, 0.717) is 16.5 Å². The molecule has 1 N–H and O–H groups in total. The molecule has 2 heterocycles. The SMILES string of the molecule is CCc1cc(-c2nnc(SCCC(=O)O)s2)no1. The van der Waals surface area contributed by atoms with Gasteiger partial charge in [0.15, 0.2) is 9.35 Å². The Morgan fingerprint density at radius 2 is 2.39 bits per heavy atom. The minimum Gasteiger partial charge on any atom is -0.481 e. The summed E-state index contributed by atoms with van der Waals surface area (Å²) in [6, 6.07) is 1.84. The summed E-state index contributed by atoms with van der Waals surface area (Å²) in [5, 5.41) is 21.1. The number of hydrogen-bond donors (Lipinski definition) is 1. The largest absolute Gasteiger partial charge is 0.481 e. The molecule has 96 valence electrons. The van der Waals surface area contributed by atoms with Crippen LogP contribution in [0.25, 0.3) is 10.7 Å². The van der Waals surface area contributed by atoms with E-state index in [1.54, 1.807) is 0 Å². The Labute approximate surface area is 111 Å². The van der Waals surface area contributed by atoms with Gasteiger partial charge in [-0.3, -0.25) is 4.79 Å². The molecule has 0 aromatic carbocycles. The predicted molar refractivity (Wildman–Crippen MR) is 67.8 cm³/mol. The molecule has 8 heteroatoms. The van der Waals surface area contributed by atoms with Crippen molar-refractivity contribution in [2.24, 2.45) is 0 Å². The van der Waals surface area contributed by atoms with Crippen LogP contribution in [0.2, 0.25) is 0 Å². The number of rotatable bonds is 6. The molecule has 0 radical (unpaired) electrons. The first-order valence-electron chi connectivity index (χ1n) is 5.33. The van der Waals surface area contributed by atoms with Crippen LogP contribution in [0, 0.1) is 0 Å². The van der Waals surface area contributed by atoms with Gasteiger partial charge < -0.3 is 9.63 Å². The number of carbonyl (C=O) groups is 1. The maximum absolute atomic E-state index is 10.4. The summed E-state index contributed by atoms with van der Waals surface area (Å²) >= 11 is 2.77. The lowest BCUT2D eigenvalue weighted by atomic mass is 10.3. The molecular formula is C10H11N3O3S2. The zero-order valence-electron chi connectivity index (χ0n) is 9.62. The lowest BCUT2D eigenvalue weighted by Gasteiger charge is -1.90. The maximum atomic E-state index is 10.4. The molecule has 6 nitrogen and oxygen atoms in total. The van der Waals surface area contributed by atoms with Gasteiger partial charge in [-0.25, -0.2) is 0 Å². The van der Waals surface area contributed by atoms with E-state index in [9.17, 15) is 4.79 Å². The summed E-state index contributed by atoms with van der Waals surface area (Å²) in [5.74, 6) is 0.486. The Balaban J connectivity index is 1.99. The highest BCUT2D eigenvalue weighted by molar-refractivity contribution is 8.01. The molecule has 2 aromatic rings. The maximum Gasteiger partial charge on any atom is 0.304 e. The molecule has 0 spiro atoms. The van der Waals surface area contributed by atoms with Gasteiger partial charge in [-0.05, 0) is 0 Å². The van der Waals surface area contributed by atoms with Crippen LogP contribution in [0.5, 0.6) is 0 Å². The summed E-state index contributed by atoms with van der Waals surface area (Å²) < 4.78 is 5.84. The van der Waals surface area contributed by atoms with Crippen LogP contribution >= 0.6 is 23.1 Å². The Hall–Kier alpha value is -1.41. The van der Waals surface area contributed by atoms with E-state index >= 15 is 0 Å². The van der Waals surface area contributed by atoms with Crippen molar-refractivity contribution in [1.82, 2.24) is 15.4 Å². The van der Waals surface area contributed by atoms with Crippen LogP contribution in [0.15, 0.2) is 14.9 Å². The summed E-state index contributed by atoms with van der Waals surface area (Å²) in [6.07, 6.45) is 0.898. The second kappa shape index (κ2) is 5.96. The Kier molecular flexibility index (Phi) is 4.32. The molecule has 0 aliphatic rings. The molecule has 0 amide bonds. The Morgan fingerprint density at radius 1 is 1.56 bits per heavy atom. The summed E-state index contributed by atoms with van der Waals surface area (Å²) in [5.41, 5.74) is 0.675. The fraction of sp³-hybridized carbons (Fsp3) is 0.400. The van der Waals surface area contributed by atoms with E-state index in [4.69, 9.17) is 9.63 Å². The van der Waals surface area contributed by atoms with Crippen molar-refractivity contribution in [1.29, 1.82) is 0 Å². The van der Waals surface area contributed by atoms with Gasteiger partial charge in [-0.2, -0.15) is 0 Å². The van der Waals surface area contributed by atoms with Crippen molar-refractivity contribution in [3.63, 3.8) is 0 Å². The topological polar surface area (TPSA) is 89.1 Å². The quantitative estimate of drug-likeness (QED) is 0.814. The third-order valence-electron chi connectivity index (χ3n) is 2.07. The van der Waals surface area contributed by atoms with Crippen molar-refractivity contribution in [3.05, 3.63) is 11.8 Å². The van der Waals surface area contributed by atoms with Gasteiger partial charge in [0, 0.05) is 18.2 Å². The Morgan fingerprint density at radius 3 is 3.06 bits per heavy atom. The zero-order valence-corrected chi connectivity index (χ0v) is 11.3. The first kappa shape index (κ1) is 13.0. The van der Waals surface area contributed by atoms with Gasteiger partial charge >= 0.3 is 5.97 Å². The molecule has 0 bridgehead atoms. The molecule has 2 aromatic heterocycles. The third kappa shape index (κ3) is 3.30. The average Bonchev–Trinajstić information content (AvgIpc) is 2.95. The lowest BCUT2D eigenvalue weighted by Crippen LogP contribution is -1.95. The number of hydrogen-bond acceptors (Lipinski definition) is 7. The lowest BCUT2D eigenvalue weighted by molar-refractivity contribution is -0.136. The van der Waals surface area contributed by atoms with Crippen LogP contribution in [-0.4, -0.2) is 32.2 Å². The highest BCUT2D eigenvalue weighted by atomic mass is 32.2. The van der Waals surface area contributed by atoms with Crippen LogP contribution in [0.1, 0.15) is 19.1 Å². The first-order chi connectivity index (χ1) is 8.69. The normalized spacial score (nSPS) is 10.7. The number of carboxylic acids is 1. The highest BCUT2D eigenvalue weighted by Gasteiger charge is 2.12. The van der Waals surface area contributed by atoms with Gasteiger partial charge in [0.2, 0.25) is 0 Å². The summed E-state index contributed by atoms with van der Waals surface area (Å²) in [7, 11) is 0. The molecule has 18 heavy (non-hydrogen) atoms. The van der Waals surface area contributed by atoms with E-state index in [2.05, 4.69) is 15.4 Å². The second-order valence-electron chi connectivity index (χ2n) is 3.40. The van der Waals surface area contributed by atoms with Crippen LogP contribution in [0.3, 0.4) is 0 Å². The number of aromatic nitrogens is 3. The van der Waals surface area contributed by atoms with E-state index < -0.39 is 5.97 Å². The molecule has 0 unspecified atom stereocenters. The zero-order chi connectivity index (χ0) is 13.0. The van der Waals surface area contributed by atoms with Gasteiger partial charge in [-0.15, -0.1) is 10.2 Å². The van der Waals surface area contributed by atoms with Gasteiger partial charge in [0.25, 0.3) is 0 Å². The minimum atomic E-state index is -0.809. The molecular weight excluding hydrogens is 274 g/mol. The molecule has 0 atom stereocenters. The smallest absolute Gasteiger partial charge is 0.304 e. The van der Waals surface area contributed by atoms with Gasteiger partial charge in [0.05, 0.1) is 6.42 Å². The van der Waals surface area contributed by atoms with Crippen LogP contribution in [0.4, 0.5) is 0 Å².